The molecule has 5 nitrogen and oxygen atoms in total. The maximum atomic E-state index is 9.76. The zero-order valence-corrected chi connectivity index (χ0v) is 12.2. The van der Waals surface area contributed by atoms with Crippen molar-refractivity contribution in [2.75, 3.05) is 13.2 Å². The number of hydrogen-bond acceptors (Lipinski definition) is 4. The summed E-state index contributed by atoms with van der Waals surface area (Å²) in [5.41, 5.74) is 4.41. The second kappa shape index (κ2) is 5.03. The highest BCUT2D eigenvalue weighted by Gasteiger charge is 2.17. The molecule has 0 radical (unpaired) electrons. The summed E-state index contributed by atoms with van der Waals surface area (Å²) in [6, 6.07) is 9.76. The van der Waals surface area contributed by atoms with Gasteiger partial charge >= 0.3 is 0 Å². The van der Waals surface area contributed by atoms with Crippen LogP contribution in [0.25, 0.3) is 16.9 Å². The standard InChI is InChI=1S/C17H16N2O3/c1-11-4-5-19-13(10-20)17(18-16(19)8-11)12-2-3-14-15(9-12)22-7-6-21-14/h2-5,8-9,20H,6-7,10H2,1H3. The number of aliphatic hydroxyl groups is 1. The van der Waals surface area contributed by atoms with Gasteiger partial charge in [0.1, 0.15) is 18.9 Å². The molecule has 0 amide bonds. The quantitative estimate of drug-likeness (QED) is 0.789. The maximum Gasteiger partial charge on any atom is 0.162 e. The zero-order chi connectivity index (χ0) is 15.1. The van der Waals surface area contributed by atoms with Gasteiger partial charge in [-0.25, -0.2) is 4.98 Å². The first-order valence-electron chi connectivity index (χ1n) is 7.25. The van der Waals surface area contributed by atoms with Crippen LogP contribution >= 0.6 is 0 Å². The van der Waals surface area contributed by atoms with Crippen LogP contribution in [-0.4, -0.2) is 27.7 Å². The first-order chi connectivity index (χ1) is 10.8. The molecule has 1 aromatic carbocycles. The molecule has 4 rings (SSSR count). The fourth-order valence-corrected chi connectivity index (χ4v) is 2.77. The van der Waals surface area contributed by atoms with Crippen LogP contribution in [0, 0.1) is 6.92 Å². The molecule has 0 spiro atoms. The number of benzene rings is 1. The molecule has 0 saturated heterocycles. The van der Waals surface area contributed by atoms with Crippen LogP contribution < -0.4 is 9.47 Å². The fourth-order valence-electron chi connectivity index (χ4n) is 2.77. The lowest BCUT2D eigenvalue weighted by Gasteiger charge is -2.18. The van der Waals surface area contributed by atoms with Gasteiger partial charge < -0.3 is 19.0 Å². The molecule has 0 fully saturated rings. The largest absolute Gasteiger partial charge is 0.486 e. The summed E-state index contributed by atoms with van der Waals surface area (Å²) in [6.45, 7) is 3.07. The van der Waals surface area contributed by atoms with E-state index in [4.69, 9.17) is 9.47 Å². The third kappa shape index (κ3) is 2.02. The molecule has 0 atom stereocenters. The van der Waals surface area contributed by atoms with Crippen LogP contribution in [0.5, 0.6) is 11.5 Å². The zero-order valence-electron chi connectivity index (χ0n) is 12.2. The lowest BCUT2D eigenvalue weighted by atomic mass is 10.1. The summed E-state index contributed by atoms with van der Waals surface area (Å²) in [5, 5.41) is 9.76. The third-order valence-corrected chi connectivity index (χ3v) is 3.85. The summed E-state index contributed by atoms with van der Waals surface area (Å²) in [4.78, 5) is 4.67. The Balaban J connectivity index is 1.90. The number of rotatable bonds is 2. The Morgan fingerprint density at radius 2 is 1.95 bits per heavy atom. The van der Waals surface area contributed by atoms with Crippen LogP contribution in [-0.2, 0) is 6.61 Å². The molecule has 1 N–H and O–H groups in total. The van der Waals surface area contributed by atoms with Crippen molar-refractivity contribution in [1.82, 2.24) is 9.38 Å². The minimum atomic E-state index is -0.0754. The third-order valence-electron chi connectivity index (χ3n) is 3.85. The van der Waals surface area contributed by atoms with Crippen molar-refractivity contribution in [3.8, 4) is 22.8 Å². The van der Waals surface area contributed by atoms with Gasteiger partial charge in [-0.2, -0.15) is 0 Å². The Hall–Kier alpha value is -2.53. The highest BCUT2D eigenvalue weighted by Crippen LogP contribution is 2.35. The van der Waals surface area contributed by atoms with Crippen molar-refractivity contribution in [3.63, 3.8) is 0 Å². The fraction of sp³-hybridized carbons (Fsp3) is 0.235. The number of fused-ring (bicyclic) bond motifs is 2. The average molecular weight is 296 g/mol. The van der Waals surface area contributed by atoms with Gasteiger partial charge in [-0.15, -0.1) is 0 Å². The van der Waals surface area contributed by atoms with E-state index >= 15 is 0 Å². The van der Waals surface area contributed by atoms with E-state index in [1.54, 1.807) is 0 Å². The highest BCUT2D eigenvalue weighted by atomic mass is 16.6. The molecule has 0 saturated carbocycles. The van der Waals surface area contributed by atoms with Crippen molar-refractivity contribution >= 4 is 5.65 Å². The molecule has 3 aromatic rings. The molecule has 5 heteroatoms. The van der Waals surface area contributed by atoms with Crippen LogP contribution in [0.15, 0.2) is 36.5 Å². The van der Waals surface area contributed by atoms with Crippen LogP contribution in [0.2, 0.25) is 0 Å². The average Bonchev–Trinajstić information content (AvgIpc) is 2.91. The molecular formula is C17H16N2O3. The van der Waals surface area contributed by atoms with Crippen molar-refractivity contribution in [3.05, 3.63) is 47.8 Å². The van der Waals surface area contributed by atoms with Gasteiger partial charge in [-0.3, -0.25) is 0 Å². The summed E-state index contributed by atoms with van der Waals surface area (Å²) in [7, 11) is 0. The van der Waals surface area contributed by atoms with Gasteiger partial charge in [0.15, 0.2) is 11.5 Å². The van der Waals surface area contributed by atoms with E-state index in [2.05, 4.69) is 4.98 Å². The molecule has 1 aliphatic rings. The van der Waals surface area contributed by atoms with E-state index in [-0.39, 0.29) is 6.61 Å². The molecule has 3 heterocycles. The highest BCUT2D eigenvalue weighted by molar-refractivity contribution is 5.69. The van der Waals surface area contributed by atoms with Crippen molar-refractivity contribution in [1.29, 1.82) is 0 Å². The lowest BCUT2D eigenvalue weighted by molar-refractivity contribution is 0.171. The number of pyridine rings is 1. The predicted octanol–water partition coefficient (Wildman–Crippen LogP) is 2.57. The molecule has 0 unspecified atom stereocenters. The minimum absolute atomic E-state index is 0.0754. The van der Waals surface area contributed by atoms with E-state index in [1.165, 1.54) is 0 Å². The maximum absolute atomic E-state index is 9.76. The monoisotopic (exact) mass is 296 g/mol. The second-order valence-electron chi connectivity index (χ2n) is 5.36. The smallest absolute Gasteiger partial charge is 0.162 e. The molecule has 1 aliphatic heterocycles. The Morgan fingerprint density at radius 3 is 2.77 bits per heavy atom. The Bertz CT molecular complexity index is 854. The minimum Gasteiger partial charge on any atom is -0.486 e. The van der Waals surface area contributed by atoms with Gasteiger partial charge in [0, 0.05) is 11.8 Å². The molecular weight excluding hydrogens is 280 g/mol. The summed E-state index contributed by atoms with van der Waals surface area (Å²) in [6.07, 6.45) is 1.94. The SMILES string of the molecule is Cc1ccn2c(CO)c(-c3ccc4c(c3)OCCO4)nc2c1. The molecule has 22 heavy (non-hydrogen) atoms. The Morgan fingerprint density at radius 1 is 1.14 bits per heavy atom. The van der Waals surface area contributed by atoms with Crippen molar-refractivity contribution in [2.24, 2.45) is 0 Å². The van der Waals surface area contributed by atoms with Gasteiger partial charge in [-0.05, 0) is 42.8 Å². The van der Waals surface area contributed by atoms with Gasteiger partial charge in [-0.1, -0.05) is 0 Å². The van der Waals surface area contributed by atoms with Crippen LogP contribution in [0.4, 0.5) is 0 Å². The first kappa shape index (κ1) is 13.2. The summed E-state index contributed by atoms with van der Waals surface area (Å²) < 4.78 is 13.1. The van der Waals surface area contributed by atoms with E-state index in [1.807, 2.05) is 47.9 Å². The molecule has 0 bridgehead atoms. The molecule has 0 aliphatic carbocycles. The topological polar surface area (TPSA) is 56.0 Å². The van der Waals surface area contributed by atoms with Gasteiger partial charge in [0.2, 0.25) is 0 Å². The Kier molecular flexibility index (Phi) is 3.01. The normalized spacial score (nSPS) is 13.5. The Labute approximate surface area is 127 Å². The number of hydrogen-bond donors (Lipinski definition) is 1. The van der Waals surface area contributed by atoms with Crippen LogP contribution in [0.1, 0.15) is 11.3 Å². The van der Waals surface area contributed by atoms with Crippen molar-refractivity contribution < 1.29 is 14.6 Å². The predicted molar refractivity (Wildman–Crippen MR) is 82.3 cm³/mol. The summed E-state index contributed by atoms with van der Waals surface area (Å²) in [5.74, 6) is 1.47. The molecule has 2 aromatic heterocycles. The number of ether oxygens (including phenoxy) is 2. The van der Waals surface area contributed by atoms with E-state index in [0.717, 1.165) is 39.7 Å². The van der Waals surface area contributed by atoms with Crippen molar-refractivity contribution in [2.45, 2.75) is 13.5 Å². The first-order valence-corrected chi connectivity index (χ1v) is 7.25. The van der Waals surface area contributed by atoms with Gasteiger partial charge in [0.25, 0.3) is 0 Å². The molecule has 112 valence electrons. The van der Waals surface area contributed by atoms with Crippen LogP contribution in [0.3, 0.4) is 0 Å². The number of nitrogens with zero attached hydrogens (tertiary/aromatic N) is 2. The van der Waals surface area contributed by atoms with E-state index in [9.17, 15) is 5.11 Å². The lowest BCUT2D eigenvalue weighted by Crippen LogP contribution is -2.15. The number of aryl methyl sites for hydroxylation is 1. The second-order valence-corrected chi connectivity index (χ2v) is 5.36. The van der Waals surface area contributed by atoms with Gasteiger partial charge in [0.05, 0.1) is 18.0 Å². The summed E-state index contributed by atoms with van der Waals surface area (Å²) >= 11 is 0. The number of aromatic nitrogens is 2. The number of imidazole rings is 1. The number of aliphatic hydroxyl groups excluding tert-OH is 1. The van der Waals surface area contributed by atoms with E-state index < -0.39 is 0 Å². The van der Waals surface area contributed by atoms with E-state index in [0.29, 0.717) is 13.2 Å².